The lowest BCUT2D eigenvalue weighted by molar-refractivity contribution is 0.561. The molecule has 1 aromatic rings. The van der Waals surface area contributed by atoms with Crippen molar-refractivity contribution in [2.24, 2.45) is 0 Å². The van der Waals surface area contributed by atoms with Crippen molar-refractivity contribution in [2.75, 3.05) is 6.54 Å². The van der Waals surface area contributed by atoms with E-state index in [4.69, 9.17) is 11.6 Å². The largest absolute Gasteiger partial charge is 0.298 e. The average Bonchev–Trinajstić information content (AvgIpc) is 2.46. The highest BCUT2D eigenvalue weighted by molar-refractivity contribution is 8.01. The first-order chi connectivity index (χ1) is 7.01. The van der Waals surface area contributed by atoms with Crippen molar-refractivity contribution in [3.8, 4) is 0 Å². The maximum absolute atomic E-state index is 12.9. The van der Waals surface area contributed by atoms with E-state index < -0.39 is 0 Å². The lowest BCUT2D eigenvalue weighted by atomic mass is 10.1. The van der Waals surface area contributed by atoms with Crippen LogP contribution in [0.3, 0.4) is 0 Å². The van der Waals surface area contributed by atoms with E-state index >= 15 is 0 Å². The Kier molecular flexibility index (Phi) is 2.97. The molecule has 1 aliphatic heterocycles. The molecule has 0 bridgehead atoms. The van der Waals surface area contributed by atoms with Gasteiger partial charge in [0.15, 0.2) is 0 Å². The molecule has 0 spiro atoms. The summed E-state index contributed by atoms with van der Waals surface area (Å²) >= 11 is 7.88. The van der Waals surface area contributed by atoms with Gasteiger partial charge in [0, 0.05) is 22.4 Å². The van der Waals surface area contributed by atoms with E-state index in [1.54, 1.807) is 6.07 Å². The molecule has 0 radical (unpaired) electrons. The highest BCUT2D eigenvalue weighted by atomic mass is 35.5. The van der Waals surface area contributed by atoms with Gasteiger partial charge in [-0.05, 0) is 19.1 Å². The van der Waals surface area contributed by atoms with E-state index in [1.165, 1.54) is 12.1 Å². The van der Waals surface area contributed by atoms with E-state index in [9.17, 15) is 4.39 Å². The predicted molar refractivity (Wildman–Crippen MR) is 63.8 cm³/mol. The number of nitrogens with one attached hydrogen (secondary N) is 1. The zero-order valence-corrected chi connectivity index (χ0v) is 10.3. The molecule has 0 saturated carbocycles. The zero-order valence-electron chi connectivity index (χ0n) is 8.68. The Hall–Kier alpha value is -0.250. The molecular formula is C11H13ClFNS. The molecule has 1 nitrogen and oxygen atoms in total. The molecule has 0 amide bonds. The van der Waals surface area contributed by atoms with Crippen LogP contribution in [0.15, 0.2) is 18.2 Å². The lowest BCUT2D eigenvalue weighted by Crippen LogP contribution is -2.31. The third-order valence-electron chi connectivity index (χ3n) is 2.61. The molecule has 1 heterocycles. The van der Waals surface area contributed by atoms with Gasteiger partial charge in [0.1, 0.15) is 5.82 Å². The second kappa shape index (κ2) is 3.96. The van der Waals surface area contributed by atoms with Crippen LogP contribution in [0, 0.1) is 5.82 Å². The first-order valence-corrected chi connectivity index (χ1v) is 6.15. The summed E-state index contributed by atoms with van der Waals surface area (Å²) in [6, 6.07) is 4.58. The van der Waals surface area contributed by atoms with E-state index in [-0.39, 0.29) is 10.7 Å². The first-order valence-electron chi connectivity index (χ1n) is 4.89. The van der Waals surface area contributed by atoms with Crippen LogP contribution in [-0.2, 0) is 4.87 Å². The van der Waals surface area contributed by atoms with Crippen LogP contribution in [0.1, 0.15) is 19.4 Å². The SMILES string of the molecule is CC1CNC(C)(c2ccc(F)cc2Cl)S1. The van der Waals surface area contributed by atoms with Crippen LogP contribution in [-0.4, -0.2) is 11.8 Å². The number of hydrogen-bond donors (Lipinski definition) is 1. The highest BCUT2D eigenvalue weighted by Crippen LogP contribution is 2.43. The topological polar surface area (TPSA) is 12.0 Å². The van der Waals surface area contributed by atoms with Gasteiger partial charge in [-0.15, -0.1) is 11.8 Å². The normalized spacial score (nSPS) is 30.8. The summed E-state index contributed by atoms with van der Waals surface area (Å²) in [5, 5.41) is 4.46. The molecule has 1 fully saturated rings. The molecule has 0 aromatic heterocycles. The van der Waals surface area contributed by atoms with Gasteiger partial charge >= 0.3 is 0 Å². The van der Waals surface area contributed by atoms with Gasteiger partial charge in [-0.3, -0.25) is 5.32 Å². The van der Waals surface area contributed by atoms with Gasteiger partial charge in [0.25, 0.3) is 0 Å². The van der Waals surface area contributed by atoms with Gasteiger partial charge in [-0.25, -0.2) is 4.39 Å². The molecule has 2 atom stereocenters. The fourth-order valence-corrected chi connectivity index (χ4v) is 3.71. The third-order valence-corrected chi connectivity index (χ3v) is 4.33. The van der Waals surface area contributed by atoms with Crippen molar-refractivity contribution in [3.63, 3.8) is 0 Å². The summed E-state index contributed by atoms with van der Waals surface area (Å²) in [4.78, 5) is -0.190. The summed E-state index contributed by atoms with van der Waals surface area (Å²) in [6.45, 7) is 5.20. The monoisotopic (exact) mass is 245 g/mol. The van der Waals surface area contributed by atoms with Crippen LogP contribution in [0.4, 0.5) is 4.39 Å². The molecule has 1 aliphatic rings. The Morgan fingerprint density at radius 3 is 2.87 bits per heavy atom. The molecule has 82 valence electrons. The van der Waals surface area contributed by atoms with E-state index in [0.29, 0.717) is 10.3 Å². The van der Waals surface area contributed by atoms with Crippen molar-refractivity contribution in [2.45, 2.75) is 24.0 Å². The first kappa shape index (κ1) is 11.2. The van der Waals surface area contributed by atoms with Gasteiger partial charge in [-0.2, -0.15) is 0 Å². The van der Waals surface area contributed by atoms with E-state index in [0.717, 1.165) is 12.1 Å². The Morgan fingerprint density at radius 1 is 1.60 bits per heavy atom. The number of thioether (sulfide) groups is 1. The van der Waals surface area contributed by atoms with Crippen LogP contribution in [0.5, 0.6) is 0 Å². The molecule has 1 saturated heterocycles. The second-order valence-electron chi connectivity index (χ2n) is 3.97. The third kappa shape index (κ3) is 2.14. The van der Waals surface area contributed by atoms with E-state index in [2.05, 4.69) is 19.2 Å². The Labute approximate surface area is 98.4 Å². The minimum atomic E-state index is -0.289. The zero-order chi connectivity index (χ0) is 11.1. The summed E-state index contributed by atoms with van der Waals surface area (Å²) < 4.78 is 12.9. The molecule has 2 rings (SSSR count). The van der Waals surface area contributed by atoms with E-state index in [1.807, 2.05) is 11.8 Å². The standard InChI is InChI=1S/C11H13ClFNS/c1-7-6-14-11(2,15-7)9-4-3-8(13)5-10(9)12/h3-5,7,14H,6H2,1-2H3. The molecule has 2 unspecified atom stereocenters. The maximum atomic E-state index is 12.9. The fourth-order valence-electron chi connectivity index (χ4n) is 1.86. The summed E-state index contributed by atoms with van der Waals surface area (Å²) in [5.41, 5.74) is 0.958. The minimum Gasteiger partial charge on any atom is -0.298 e. The van der Waals surface area contributed by atoms with Gasteiger partial charge < -0.3 is 0 Å². The molecule has 0 aliphatic carbocycles. The molecule has 15 heavy (non-hydrogen) atoms. The van der Waals surface area contributed by atoms with Crippen molar-refractivity contribution in [1.29, 1.82) is 0 Å². The summed E-state index contributed by atoms with van der Waals surface area (Å²) in [5.74, 6) is -0.289. The number of benzene rings is 1. The predicted octanol–water partition coefficient (Wildman–Crippen LogP) is 3.38. The van der Waals surface area contributed by atoms with Crippen LogP contribution in [0.2, 0.25) is 5.02 Å². The van der Waals surface area contributed by atoms with Gasteiger partial charge in [0.2, 0.25) is 0 Å². The Balaban J connectivity index is 2.37. The van der Waals surface area contributed by atoms with Crippen molar-refractivity contribution >= 4 is 23.4 Å². The minimum absolute atomic E-state index is 0.190. The van der Waals surface area contributed by atoms with Gasteiger partial charge in [-0.1, -0.05) is 24.6 Å². The van der Waals surface area contributed by atoms with Crippen LogP contribution >= 0.6 is 23.4 Å². The smallest absolute Gasteiger partial charge is 0.124 e. The molecule has 4 heteroatoms. The Bertz CT molecular complexity index is 385. The lowest BCUT2D eigenvalue weighted by Gasteiger charge is -2.25. The molecule has 1 N–H and O–H groups in total. The summed E-state index contributed by atoms with van der Waals surface area (Å²) in [6.07, 6.45) is 0. The van der Waals surface area contributed by atoms with Crippen molar-refractivity contribution < 1.29 is 4.39 Å². The number of hydrogen-bond acceptors (Lipinski definition) is 2. The molecular weight excluding hydrogens is 233 g/mol. The highest BCUT2D eigenvalue weighted by Gasteiger charge is 2.36. The fraction of sp³-hybridized carbons (Fsp3) is 0.455. The van der Waals surface area contributed by atoms with Crippen LogP contribution in [0.25, 0.3) is 0 Å². The number of halogens is 2. The quantitative estimate of drug-likeness (QED) is 0.814. The Morgan fingerprint density at radius 2 is 2.33 bits per heavy atom. The van der Waals surface area contributed by atoms with Crippen molar-refractivity contribution in [1.82, 2.24) is 5.32 Å². The number of rotatable bonds is 1. The van der Waals surface area contributed by atoms with Crippen molar-refractivity contribution in [3.05, 3.63) is 34.6 Å². The van der Waals surface area contributed by atoms with Crippen LogP contribution < -0.4 is 5.32 Å². The van der Waals surface area contributed by atoms with Gasteiger partial charge in [0.05, 0.1) is 4.87 Å². The molecule has 1 aromatic carbocycles. The second-order valence-corrected chi connectivity index (χ2v) is 6.23. The summed E-state index contributed by atoms with van der Waals surface area (Å²) in [7, 11) is 0. The maximum Gasteiger partial charge on any atom is 0.124 e. The average molecular weight is 246 g/mol.